The summed E-state index contributed by atoms with van der Waals surface area (Å²) in [6.45, 7) is 0.261. The minimum Gasteiger partial charge on any atom is -0.384 e. The largest absolute Gasteiger partial charge is 0.384 e. The zero-order valence-electron chi connectivity index (χ0n) is 13.5. The number of carbonyl (C=O) groups excluding carboxylic acids is 1. The van der Waals surface area contributed by atoms with E-state index in [1.807, 2.05) is 0 Å². The van der Waals surface area contributed by atoms with E-state index in [4.69, 9.17) is 4.74 Å². The van der Waals surface area contributed by atoms with Gasteiger partial charge in [-0.3, -0.25) is 4.79 Å². The Hall–Kier alpha value is -1.77. The van der Waals surface area contributed by atoms with Crippen molar-refractivity contribution in [2.24, 2.45) is 0 Å². The highest BCUT2D eigenvalue weighted by molar-refractivity contribution is 9.10. The third kappa shape index (κ3) is 5.62. The lowest BCUT2D eigenvalue weighted by Gasteiger charge is -2.08. The highest BCUT2D eigenvalue weighted by Gasteiger charge is 2.15. The van der Waals surface area contributed by atoms with Crippen LogP contribution >= 0.6 is 15.9 Å². The number of hydrogen-bond donors (Lipinski definition) is 1. The molecule has 0 bridgehead atoms. The topological polar surface area (TPSA) is 72.5 Å². The van der Waals surface area contributed by atoms with E-state index < -0.39 is 15.7 Å². The number of halogens is 2. The van der Waals surface area contributed by atoms with E-state index in [0.29, 0.717) is 15.6 Å². The zero-order chi connectivity index (χ0) is 18.4. The predicted octanol–water partition coefficient (Wildman–Crippen LogP) is 2.94. The number of hydrogen-bond acceptors (Lipinski definition) is 4. The van der Waals surface area contributed by atoms with Gasteiger partial charge in [0.2, 0.25) is 0 Å². The number of benzene rings is 2. The van der Waals surface area contributed by atoms with E-state index in [1.54, 1.807) is 6.07 Å². The lowest BCUT2D eigenvalue weighted by Crippen LogP contribution is -2.23. The number of sulfone groups is 1. The van der Waals surface area contributed by atoms with Gasteiger partial charge in [-0.1, -0.05) is 15.9 Å². The Kier molecular flexibility index (Phi) is 6.69. The van der Waals surface area contributed by atoms with Crippen molar-refractivity contribution in [3.05, 3.63) is 63.9 Å². The fraction of sp³-hybridized carbons (Fsp3) is 0.235. The molecule has 25 heavy (non-hydrogen) atoms. The molecule has 1 amide bonds. The highest BCUT2D eigenvalue weighted by atomic mass is 79.9. The smallest absolute Gasteiger partial charge is 0.251 e. The van der Waals surface area contributed by atoms with Crippen molar-refractivity contribution in [1.29, 1.82) is 0 Å². The summed E-state index contributed by atoms with van der Waals surface area (Å²) in [5, 5.41) is 2.67. The summed E-state index contributed by atoms with van der Waals surface area (Å²) in [5.74, 6) is -0.894. The van der Waals surface area contributed by atoms with E-state index in [1.165, 1.54) is 43.5 Å². The van der Waals surface area contributed by atoms with Gasteiger partial charge in [0, 0.05) is 23.7 Å². The molecular formula is C17H17BrFNO4S. The lowest BCUT2D eigenvalue weighted by atomic mass is 10.2. The predicted molar refractivity (Wildman–Crippen MR) is 95.6 cm³/mol. The minimum atomic E-state index is -3.43. The Labute approximate surface area is 154 Å². The number of carbonyl (C=O) groups is 1. The second-order valence-electron chi connectivity index (χ2n) is 5.30. The molecule has 5 nitrogen and oxygen atoms in total. The quantitative estimate of drug-likeness (QED) is 0.734. The average molecular weight is 430 g/mol. The molecule has 2 rings (SSSR count). The molecule has 2 aromatic rings. The second kappa shape index (κ2) is 8.55. The summed E-state index contributed by atoms with van der Waals surface area (Å²) < 4.78 is 42.7. The Morgan fingerprint density at radius 1 is 1.20 bits per heavy atom. The molecule has 0 radical (unpaired) electrons. The first kappa shape index (κ1) is 19.6. The molecular weight excluding hydrogens is 413 g/mol. The van der Waals surface area contributed by atoms with Crippen LogP contribution in [0.15, 0.2) is 51.8 Å². The molecule has 8 heteroatoms. The number of rotatable bonds is 7. The zero-order valence-corrected chi connectivity index (χ0v) is 15.9. The Bertz CT molecular complexity index is 833. The summed E-state index contributed by atoms with van der Waals surface area (Å²) in [6.07, 6.45) is 0. The third-order valence-electron chi connectivity index (χ3n) is 3.41. The van der Waals surface area contributed by atoms with Crippen molar-refractivity contribution in [3.8, 4) is 0 Å². The maximum atomic E-state index is 13.3. The number of amides is 1. The highest BCUT2D eigenvalue weighted by Crippen LogP contribution is 2.15. The molecule has 2 aromatic carbocycles. The van der Waals surface area contributed by atoms with Gasteiger partial charge in [-0.2, -0.15) is 0 Å². The fourth-order valence-corrected chi connectivity index (χ4v) is 3.81. The average Bonchev–Trinajstić information content (AvgIpc) is 2.57. The summed E-state index contributed by atoms with van der Waals surface area (Å²) in [7, 11) is -2.00. The van der Waals surface area contributed by atoms with Crippen LogP contribution in [0.5, 0.6) is 0 Å². The maximum Gasteiger partial charge on any atom is 0.251 e. The molecule has 0 aliphatic heterocycles. The van der Waals surface area contributed by atoms with Gasteiger partial charge in [0.25, 0.3) is 5.91 Å². The van der Waals surface area contributed by atoms with E-state index in [9.17, 15) is 17.6 Å². The minimum absolute atomic E-state index is 0.105. The van der Waals surface area contributed by atoms with Crippen LogP contribution in [-0.2, 0) is 21.1 Å². The third-order valence-corrected chi connectivity index (χ3v) is 5.56. The second-order valence-corrected chi connectivity index (χ2v) is 8.32. The van der Waals surface area contributed by atoms with Crippen LogP contribution < -0.4 is 5.32 Å². The number of methoxy groups -OCH3 is 1. The van der Waals surface area contributed by atoms with Crippen LogP contribution in [0, 0.1) is 5.82 Å². The van der Waals surface area contributed by atoms with Gasteiger partial charge in [0.15, 0.2) is 9.84 Å². The van der Waals surface area contributed by atoms with Crippen LogP contribution in [0.25, 0.3) is 0 Å². The van der Waals surface area contributed by atoms with Crippen LogP contribution in [-0.4, -0.2) is 33.8 Å². The molecule has 0 atom stereocenters. The van der Waals surface area contributed by atoms with Gasteiger partial charge >= 0.3 is 0 Å². The van der Waals surface area contributed by atoms with E-state index >= 15 is 0 Å². The Morgan fingerprint density at radius 2 is 1.88 bits per heavy atom. The fourth-order valence-electron chi connectivity index (χ4n) is 2.12. The van der Waals surface area contributed by atoms with Crippen molar-refractivity contribution >= 4 is 31.7 Å². The van der Waals surface area contributed by atoms with E-state index in [2.05, 4.69) is 21.2 Å². The SMILES string of the molecule is COCCS(=O)(=O)c1ccc(C(=O)NCc2cc(F)cc(Br)c2)cc1. The summed E-state index contributed by atoms with van der Waals surface area (Å²) in [4.78, 5) is 12.3. The van der Waals surface area contributed by atoms with Gasteiger partial charge in [0.1, 0.15) is 5.82 Å². The molecule has 1 N–H and O–H groups in total. The summed E-state index contributed by atoms with van der Waals surface area (Å²) in [5.41, 5.74) is 0.931. The van der Waals surface area contributed by atoms with Gasteiger partial charge in [0.05, 0.1) is 17.3 Å². The molecule has 0 unspecified atom stereocenters. The molecule has 0 aliphatic carbocycles. The summed E-state index contributed by atoms with van der Waals surface area (Å²) >= 11 is 3.19. The van der Waals surface area contributed by atoms with Gasteiger partial charge in [-0.25, -0.2) is 12.8 Å². The van der Waals surface area contributed by atoms with Gasteiger partial charge < -0.3 is 10.1 Å². The van der Waals surface area contributed by atoms with E-state index in [-0.39, 0.29) is 29.7 Å². The lowest BCUT2D eigenvalue weighted by molar-refractivity contribution is 0.0950. The monoisotopic (exact) mass is 429 g/mol. The number of ether oxygens (including phenoxy) is 1. The first-order valence-electron chi connectivity index (χ1n) is 7.37. The number of nitrogens with one attached hydrogen (secondary N) is 1. The molecule has 0 saturated carbocycles. The maximum absolute atomic E-state index is 13.3. The standard InChI is InChI=1S/C17H17BrFNO4S/c1-24-6-7-25(22,23)16-4-2-13(3-5-16)17(21)20-11-12-8-14(18)10-15(19)9-12/h2-5,8-10H,6-7,11H2,1H3,(H,20,21). The van der Waals surface area contributed by atoms with Crippen molar-refractivity contribution in [3.63, 3.8) is 0 Å². The molecule has 0 heterocycles. The molecule has 0 aliphatic rings. The van der Waals surface area contributed by atoms with Crippen LogP contribution in [0.2, 0.25) is 0 Å². The Balaban J connectivity index is 2.03. The van der Waals surface area contributed by atoms with Crippen molar-refractivity contribution in [1.82, 2.24) is 5.32 Å². The van der Waals surface area contributed by atoms with Crippen molar-refractivity contribution in [2.45, 2.75) is 11.4 Å². The summed E-state index contributed by atoms with van der Waals surface area (Å²) in [6, 6.07) is 10.0. The molecule has 134 valence electrons. The van der Waals surface area contributed by atoms with Crippen LogP contribution in [0.1, 0.15) is 15.9 Å². The first-order valence-corrected chi connectivity index (χ1v) is 9.81. The molecule has 0 aromatic heterocycles. The van der Waals surface area contributed by atoms with E-state index in [0.717, 1.165) is 0 Å². The molecule has 0 spiro atoms. The van der Waals surface area contributed by atoms with Crippen LogP contribution in [0.4, 0.5) is 4.39 Å². The first-order chi connectivity index (χ1) is 11.8. The van der Waals surface area contributed by atoms with Gasteiger partial charge in [-0.15, -0.1) is 0 Å². The molecule has 0 fully saturated rings. The van der Waals surface area contributed by atoms with Crippen LogP contribution in [0.3, 0.4) is 0 Å². The van der Waals surface area contributed by atoms with Gasteiger partial charge in [-0.05, 0) is 48.0 Å². The van der Waals surface area contributed by atoms with Crippen molar-refractivity contribution in [2.75, 3.05) is 19.5 Å². The normalized spacial score (nSPS) is 11.3. The Morgan fingerprint density at radius 3 is 2.48 bits per heavy atom. The van der Waals surface area contributed by atoms with Crippen molar-refractivity contribution < 1.29 is 22.3 Å². The molecule has 0 saturated heterocycles.